The van der Waals surface area contributed by atoms with Crippen LogP contribution in [0.25, 0.3) is 0 Å². The molecule has 0 amide bonds. The summed E-state index contributed by atoms with van der Waals surface area (Å²) in [6.07, 6.45) is 4.44. The Morgan fingerprint density at radius 1 is 1.30 bits per heavy atom. The summed E-state index contributed by atoms with van der Waals surface area (Å²) >= 11 is 0. The van der Waals surface area contributed by atoms with Crippen molar-refractivity contribution in [3.8, 4) is 6.01 Å². The van der Waals surface area contributed by atoms with Crippen LogP contribution in [0.2, 0.25) is 0 Å². The highest BCUT2D eigenvalue weighted by Gasteiger charge is 2.31. The van der Waals surface area contributed by atoms with Gasteiger partial charge in [0.05, 0.1) is 6.61 Å². The summed E-state index contributed by atoms with van der Waals surface area (Å²) in [5.74, 6) is 1.55. The van der Waals surface area contributed by atoms with Gasteiger partial charge in [-0.2, -0.15) is 15.0 Å². The SMILES string of the molecule is CCCOc1nc(N)nc(N(CCC(C)C)C2CC2)n1. The minimum absolute atomic E-state index is 0.233. The number of nitrogens with two attached hydrogens (primary N) is 1. The number of hydrogen-bond acceptors (Lipinski definition) is 6. The number of nitrogen functional groups attached to an aromatic ring is 1. The molecular formula is C14H25N5O. The van der Waals surface area contributed by atoms with E-state index in [0.717, 1.165) is 19.4 Å². The van der Waals surface area contributed by atoms with Crippen LogP contribution in [-0.4, -0.2) is 34.1 Å². The van der Waals surface area contributed by atoms with E-state index in [1.54, 1.807) is 0 Å². The highest BCUT2D eigenvalue weighted by atomic mass is 16.5. The summed E-state index contributed by atoms with van der Waals surface area (Å²) in [6.45, 7) is 8.05. The molecule has 1 saturated carbocycles. The van der Waals surface area contributed by atoms with Crippen molar-refractivity contribution in [3.63, 3.8) is 0 Å². The molecule has 2 rings (SSSR count). The van der Waals surface area contributed by atoms with Gasteiger partial charge in [0.2, 0.25) is 11.9 Å². The highest BCUT2D eigenvalue weighted by Crippen LogP contribution is 2.31. The number of anilines is 2. The predicted molar refractivity (Wildman–Crippen MR) is 79.8 cm³/mol. The third kappa shape index (κ3) is 4.21. The maximum Gasteiger partial charge on any atom is 0.323 e. The first-order valence-corrected chi connectivity index (χ1v) is 7.51. The first-order valence-electron chi connectivity index (χ1n) is 7.51. The lowest BCUT2D eigenvalue weighted by Crippen LogP contribution is -2.30. The van der Waals surface area contributed by atoms with Crippen molar-refractivity contribution in [2.75, 3.05) is 23.8 Å². The molecule has 0 unspecified atom stereocenters. The number of hydrogen-bond donors (Lipinski definition) is 1. The second kappa shape index (κ2) is 6.72. The van der Waals surface area contributed by atoms with E-state index in [1.807, 2.05) is 6.92 Å². The summed E-state index contributed by atoms with van der Waals surface area (Å²) in [4.78, 5) is 15.0. The van der Waals surface area contributed by atoms with Crippen molar-refractivity contribution in [3.05, 3.63) is 0 Å². The van der Waals surface area contributed by atoms with E-state index in [-0.39, 0.29) is 5.95 Å². The molecule has 0 radical (unpaired) electrons. The lowest BCUT2D eigenvalue weighted by Gasteiger charge is -2.23. The van der Waals surface area contributed by atoms with Crippen LogP contribution in [0, 0.1) is 5.92 Å². The topological polar surface area (TPSA) is 77.2 Å². The van der Waals surface area contributed by atoms with Crippen molar-refractivity contribution in [1.82, 2.24) is 15.0 Å². The lowest BCUT2D eigenvalue weighted by molar-refractivity contribution is 0.292. The van der Waals surface area contributed by atoms with Gasteiger partial charge >= 0.3 is 6.01 Å². The normalized spacial score (nSPS) is 14.6. The van der Waals surface area contributed by atoms with E-state index < -0.39 is 0 Å². The first kappa shape index (κ1) is 14.8. The van der Waals surface area contributed by atoms with Gasteiger partial charge in [-0.1, -0.05) is 20.8 Å². The minimum atomic E-state index is 0.233. The maximum absolute atomic E-state index is 5.78. The van der Waals surface area contributed by atoms with Crippen molar-refractivity contribution in [2.45, 2.75) is 52.5 Å². The van der Waals surface area contributed by atoms with Crippen molar-refractivity contribution in [2.24, 2.45) is 5.92 Å². The van der Waals surface area contributed by atoms with Gasteiger partial charge in [0.1, 0.15) is 0 Å². The highest BCUT2D eigenvalue weighted by molar-refractivity contribution is 5.38. The van der Waals surface area contributed by atoms with E-state index in [9.17, 15) is 0 Å². The van der Waals surface area contributed by atoms with Crippen LogP contribution in [0.4, 0.5) is 11.9 Å². The third-order valence-electron chi connectivity index (χ3n) is 3.25. The lowest BCUT2D eigenvalue weighted by atomic mass is 10.1. The van der Waals surface area contributed by atoms with Crippen LogP contribution >= 0.6 is 0 Å². The average molecular weight is 279 g/mol. The number of ether oxygens (including phenoxy) is 1. The maximum atomic E-state index is 5.78. The van der Waals surface area contributed by atoms with E-state index in [1.165, 1.54) is 12.8 Å². The van der Waals surface area contributed by atoms with Gasteiger partial charge in [-0.15, -0.1) is 0 Å². The van der Waals surface area contributed by atoms with Gasteiger partial charge in [-0.3, -0.25) is 0 Å². The zero-order valence-corrected chi connectivity index (χ0v) is 12.7. The van der Waals surface area contributed by atoms with E-state index in [2.05, 4.69) is 33.7 Å². The smallest absolute Gasteiger partial charge is 0.323 e. The van der Waals surface area contributed by atoms with Crippen LogP contribution < -0.4 is 15.4 Å². The molecule has 0 spiro atoms. The molecule has 1 aliphatic carbocycles. The fraction of sp³-hybridized carbons (Fsp3) is 0.786. The van der Waals surface area contributed by atoms with Crippen molar-refractivity contribution in [1.29, 1.82) is 0 Å². The quantitative estimate of drug-likeness (QED) is 0.786. The second-order valence-corrected chi connectivity index (χ2v) is 5.73. The molecule has 0 aliphatic heterocycles. The van der Waals surface area contributed by atoms with Crippen LogP contribution in [0.3, 0.4) is 0 Å². The molecule has 6 heteroatoms. The molecule has 0 bridgehead atoms. The van der Waals surface area contributed by atoms with Gasteiger partial charge in [0, 0.05) is 12.6 Å². The largest absolute Gasteiger partial charge is 0.463 e. The number of rotatable bonds is 8. The van der Waals surface area contributed by atoms with Crippen molar-refractivity contribution < 1.29 is 4.74 Å². The predicted octanol–water partition coefficient (Wildman–Crippen LogP) is 2.26. The summed E-state index contributed by atoms with van der Waals surface area (Å²) in [5, 5.41) is 0. The van der Waals surface area contributed by atoms with Gasteiger partial charge < -0.3 is 15.4 Å². The summed E-state index contributed by atoms with van der Waals surface area (Å²) < 4.78 is 5.48. The molecule has 1 heterocycles. The molecule has 2 N–H and O–H groups in total. The van der Waals surface area contributed by atoms with Crippen LogP contribution in [-0.2, 0) is 0 Å². The minimum Gasteiger partial charge on any atom is -0.463 e. The number of nitrogens with zero attached hydrogens (tertiary/aromatic N) is 4. The molecule has 20 heavy (non-hydrogen) atoms. The second-order valence-electron chi connectivity index (χ2n) is 5.73. The Morgan fingerprint density at radius 3 is 2.65 bits per heavy atom. The van der Waals surface area contributed by atoms with Crippen LogP contribution in [0.1, 0.15) is 46.5 Å². The van der Waals surface area contributed by atoms with Gasteiger partial charge in [0.15, 0.2) is 0 Å². The zero-order chi connectivity index (χ0) is 14.5. The van der Waals surface area contributed by atoms with Crippen LogP contribution in [0.15, 0.2) is 0 Å². The average Bonchev–Trinajstić information content (AvgIpc) is 3.20. The van der Waals surface area contributed by atoms with E-state index in [0.29, 0.717) is 30.5 Å². The Hall–Kier alpha value is -1.59. The van der Waals surface area contributed by atoms with Gasteiger partial charge in [0.25, 0.3) is 0 Å². The Labute approximate surface area is 120 Å². The Bertz CT molecular complexity index is 434. The molecule has 112 valence electrons. The summed E-state index contributed by atoms with van der Waals surface area (Å²) in [6, 6.07) is 0.888. The van der Waals surface area contributed by atoms with Crippen molar-refractivity contribution >= 4 is 11.9 Å². The molecular weight excluding hydrogens is 254 g/mol. The fourth-order valence-corrected chi connectivity index (χ4v) is 1.98. The van der Waals surface area contributed by atoms with Gasteiger partial charge in [-0.25, -0.2) is 0 Å². The Kier molecular flexibility index (Phi) is 4.98. The molecule has 1 fully saturated rings. The molecule has 0 atom stereocenters. The third-order valence-corrected chi connectivity index (χ3v) is 3.25. The summed E-state index contributed by atoms with van der Waals surface area (Å²) in [5.41, 5.74) is 5.78. The standard InChI is InChI=1S/C14H25N5O/c1-4-9-20-14-17-12(15)16-13(18-14)19(11-5-6-11)8-7-10(2)3/h10-11H,4-9H2,1-3H3,(H2,15,16,17,18). The monoisotopic (exact) mass is 279 g/mol. The molecule has 0 saturated heterocycles. The molecule has 6 nitrogen and oxygen atoms in total. The molecule has 1 aromatic heterocycles. The zero-order valence-electron chi connectivity index (χ0n) is 12.7. The Balaban J connectivity index is 2.12. The number of aromatic nitrogens is 3. The molecule has 0 aromatic carbocycles. The van der Waals surface area contributed by atoms with Gasteiger partial charge in [-0.05, 0) is 31.6 Å². The molecule has 1 aromatic rings. The molecule has 1 aliphatic rings. The fourth-order valence-electron chi connectivity index (χ4n) is 1.98. The first-order chi connectivity index (χ1) is 9.60. The van der Waals surface area contributed by atoms with Crippen LogP contribution in [0.5, 0.6) is 6.01 Å². The van der Waals surface area contributed by atoms with E-state index in [4.69, 9.17) is 10.5 Å². The summed E-state index contributed by atoms with van der Waals surface area (Å²) in [7, 11) is 0. The Morgan fingerprint density at radius 2 is 2.05 bits per heavy atom. The van der Waals surface area contributed by atoms with E-state index >= 15 is 0 Å².